The molecule has 0 N–H and O–H groups in total. The monoisotopic (exact) mass is 358 g/mol. The Labute approximate surface area is 149 Å². The summed E-state index contributed by atoms with van der Waals surface area (Å²) < 4.78 is 5.72. The van der Waals surface area contributed by atoms with Gasteiger partial charge in [-0.3, -0.25) is 9.59 Å². The van der Waals surface area contributed by atoms with Crippen LogP contribution in [0.15, 0.2) is 53.4 Å². The Balaban J connectivity index is 1.63. The maximum atomic E-state index is 11.6. The number of benzene rings is 2. The molecule has 2 aromatic rings. The Hall–Kier alpha value is -2.04. The molecule has 2 aromatic carbocycles. The van der Waals surface area contributed by atoms with Crippen molar-refractivity contribution in [2.45, 2.75) is 12.8 Å². The van der Waals surface area contributed by atoms with E-state index in [0.29, 0.717) is 22.3 Å². The molecule has 0 aliphatic carbocycles. The number of halogens is 1. The molecule has 5 heteroatoms. The zero-order chi connectivity index (χ0) is 16.9. The van der Waals surface area contributed by atoms with Crippen LogP contribution in [0.4, 0.5) is 0 Å². The minimum Gasteiger partial charge on any atom is -0.492 e. The first-order valence-electron chi connectivity index (χ1n) is 7.54. The first-order chi connectivity index (χ1) is 11.6. The summed E-state index contributed by atoms with van der Waals surface area (Å²) in [5, 5.41) is 0.373. The predicted octanol–water partition coefficient (Wildman–Crippen LogP) is 4.54. The quantitative estimate of drug-likeness (QED) is 0.581. The van der Waals surface area contributed by atoms with Gasteiger partial charge in [-0.15, -0.1) is 0 Å². The molecule has 0 spiro atoms. The second-order valence-electron chi connectivity index (χ2n) is 5.36. The van der Waals surface area contributed by atoms with Crippen LogP contribution in [0.5, 0.6) is 5.75 Å². The van der Waals surface area contributed by atoms with Crippen molar-refractivity contribution in [3.8, 4) is 5.75 Å². The Morgan fingerprint density at radius 3 is 2.58 bits per heavy atom. The van der Waals surface area contributed by atoms with Gasteiger partial charge in [-0.2, -0.15) is 0 Å². The fourth-order valence-corrected chi connectivity index (χ4v) is 3.42. The molecule has 1 heterocycles. The number of ketones is 1. The van der Waals surface area contributed by atoms with Crippen molar-refractivity contribution in [3.63, 3.8) is 0 Å². The molecular weight excluding hydrogens is 344 g/mol. The summed E-state index contributed by atoms with van der Waals surface area (Å²) >= 11 is 7.24. The second-order valence-corrected chi connectivity index (χ2v) is 6.86. The summed E-state index contributed by atoms with van der Waals surface area (Å²) in [5.74, 6) is 0.473. The molecule has 1 fully saturated rings. The van der Waals surface area contributed by atoms with Gasteiger partial charge in [-0.25, -0.2) is 0 Å². The van der Waals surface area contributed by atoms with Gasteiger partial charge in [0.05, 0.1) is 23.0 Å². The maximum Gasteiger partial charge on any atom is 0.201 e. The number of Topliss-reactive ketones (excluding diaryl/α,β-unsaturated/α-hetero) is 1. The highest BCUT2D eigenvalue weighted by molar-refractivity contribution is 8.18. The van der Waals surface area contributed by atoms with E-state index in [9.17, 15) is 9.59 Å². The number of allylic oxidation sites excluding steroid dienone is 1. The highest BCUT2D eigenvalue weighted by Gasteiger charge is 2.25. The Morgan fingerprint density at radius 1 is 1.12 bits per heavy atom. The largest absolute Gasteiger partial charge is 0.492 e. The third-order valence-electron chi connectivity index (χ3n) is 3.55. The molecule has 3 rings (SSSR count). The van der Waals surface area contributed by atoms with Gasteiger partial charge in [0, 0.05) is 6.42 Å². The molecule has 0 atom stereocenters. The fourth-order valence-electron chi connectivity index (χ4n) is 2.34. The Kier molecular flexibility index (Phi) is 5.38. The lowest BCUT2D eigenvalue weighted by atomic mass is 10.1. The molecule has 0 saturated carbocycles. The zero-order valence-corrected chi connectivity index (χ0v) is 14.4. The van der Waals surface area contributed by atoms with Crippen molar-refractivity contribution in [1.82, 2.24) is 0 Å². The molecule has 1 aliphatic rings. The summed E-state index contributed by atoms with van der Waals surface area (Å²) in [7, 11) is 0. The van der Waals surface area contributed by atoms with E-state index in [0.717, 1.165) is 23.7 Å². The van der Waals surface area contributed by atoms with E-state index in [4.69, 9.17) is 16.3 Å². The van der Waals surface area contributed by atoms with Crippen LogP contribution in [0.1, 0.15) is 17.5 Å². The SMILES string of the molecule is O=C1CC(=O)/C(=C/c2ccc(OCCc3ccccc3)c(Cl)c2)S1. The lowest BCUT2D eigenvalue weighted by molar-refractivity contribution is -0.119. The summed E-state index contributed by atoms with van der Waals surface area (Å²) in [6.07, 6.45) is 2.47. The number of rotatable bonds is 5. The summed E-state index contributed by atoms with van der Waals surface area (Å²) in [4.78, 5) is 23.4. The van der Waals surface area contributed by atoms with E-state index in [-0.39, 0.29) is 17.3 Å². The molecule has 0 aromatic heterocycles. The van der Waals surface area contributed by atoms with Gasteiger partial charge >= 0.3 is 0 Å². The van der Waals surface area contributed by atoms with Gasteiger partial charge in [0.2, 0.25) is 5.12 Å². The van der Waals surface area contributed by atoms with Crippen LogP contribution in [-0.2, 0) is 16.0 Å². The smallest absolute Gasteiger partial charge is 0.201 e. The van der Waals surface area contributed by atoms with Crippen molar-refractivity contribution in [3.05, 3.63) is 69.6 Å². The molecule has 1 aliphatic heterocycles. The molecular formula is C19H15ClO3S. The summed E-state index contributed by atoms with van der Waals surface area (Å²) in [5.41, 5.74) is 1.98. The topological polar surface area (TPSA) is 43.4 Å². The van der Waals surface area contributed by atoms with Crippen LogP contribution in [-0.4, -0.2) is 17.5 Å². The van der Waals surface area contributed by atoms with Crippen molar-refractivity contribution in [2.24, 2.45) is 0 Å². The van der Waals surface area contributed by atoms with Gasteiger partial charge in [0.15, 0.2) is 5.78 Å². The minimum atomic E-state index is -0.135. The highest BCUT2D eigenvalue weighted by Crippen LogP contribution is 2.32. The molecule has 0 unspecified atom stereocenters. The van der Waals surface area contributed by atoms with Crippen molar-refractivity contribution >= 4 is 40.3 Å². The van der Waals surface area contributed by atoms with Gasteiger partial charge < -0.3 is 4.74 Å². The lowest BCUT2D eigenvalue weighted by Gasteiger charge is -2.09. The predicted molar refractivity (Wildman–Crippen MR) is 97.3 cm³/mol. The van der Waals surface area contributed by atoms with Crippen LogP contribution >= 0.6 is 23.4 Å². The number of ether oxygens (including phenoxy) is 1. The first-order valence-corrected chi connectivity index (χ1v) is 8.73. The van der Waals surface area contributed by atoms with Gasteiger partial charge in [0.25, 0.3) is 0 Å². The van der Waals surface area contributed by atoms with Crippen LogP contribution < -0.4 is 4.74 Å². The third-order valence-corrected chi connectivity index (χ3v) is 4.78. The number of thioether (sulfide) groups is 1. The lowest BCUT2D eigenvalue weighted by Crippen LogP contribution is -2.01. The van der Waals surface area contributed by atoms with Crippen LogP contribution in [0, 0.1) is 0 Å². The zero-order valence-electron chi connectivity index (χ0n) is 12.8. The molecule has 0 amide bonds. The van der Waals surface area contributed by atoms with Crippen molar-refractivity contribution in [2.75, 3.05) is 6.61 Å². The van der Waals surface area contributed by atoms with Crippen molar-refractivity contribution < 1.29 is 14.3 Å². The van der Waals surface area contributed by atoms with Gasteiger partial charge in [0.1, 0.15) is 5.75 Å². The molecule has 0 radical (unpaired) electrons. The van der Waals surface area contributed by atoms with Crippen LogP contribution in [0.3, 0.4) is 0 Å². The number of carbonyl (C=O) groups excluding carboxylic acids is 2. The van der Waals surface area contributed by atoms with E-state index in [1.807, 2.05) is 24.3 Å². The number of hydrogen-bond donors (Lipinski definition) is 0. The summed E-state index contributed by atoms with van der Waals surface area (Å²) in [6.45, 7) is 0.535. The van der Waals surface area contributed by atoms with Crippen molar-refractivity contribution in [1.29, 1.82) is 0 Å². The molecule has 3 nitrogen and oxygen atoms in total. The van der Waals surface area contributed by atoms with Gasteiger partial charge in [-0.1, -0.05) is 48.0 Å². The summed E-state index contributed by atoms with van der Waals surface area (Å²) in [6, 6.07) is 15.4. The van der Waals surface area contributed by atoms with Crippen LogP contribution in [0.2, 0.25) is 5.02 Å². The van der Waals surface area contributed by atoms with E-state index >= 15 is 0 Å². The van der Waals surface area contributed by atoms with E-state index in [2.05, 4.69) is 12.1 Å². The van der Waals surface area contributed by atoms with Gasteiger partial charge in [-0.05, 0) is 41.1 Å². The van der Waals surface area contributed by atoms with E-state index in [1.54, 1.807) is 18.2 Å². The number of carbonyl (C=O) groups is 2. The Morgan fingerprint density at radius 2 is 1.92 bits per heavy atom. The van der Waals surface area contributed by atoms with E-state index in [1.165, 1.54) is 5.56 Å². The normalized spacial score (nSPS) is 16.0. The fraction of sp³-hybridized carbons (Fsp3) is 0.158. The van der Waals surface area contributed by atoms with Crippen LogP contribution in [0.25, 0.3) is 6.08 Å². The first kappa shape index (κ1) is 16.8. The Bertz CT molecular complexity index is 800. The molecule has 24 heavy (non-hydrogen) atoms. The maximum absolute atomic E-state index is 11.6. The standard InChI is InChI=1S/C19H15ClO3S/c20-15-10-14(11-18-16(21)12-19(22)24-18)6-7-17(15)23-9-8-13-4-2-1-3-5-13/h1-7,10-11H,8-9,12H2/b18-11-. The minimum absolute atomic E-state index is 0.0229. The molecule has 1 saturated heterocycles. The molecule has 0 bridgehead atoms. The highest BCUT2D eigenvalue weighted by atomic mass is 35.5. The second kappa shape index (κ2) is 7.69. The third kappa shape index (κ3) is 4.28. The molecule has 122 valence electrons. The number of hydrogen-bond acceptors (Lipinski definition) is 4. The van der Waals surface area contributed by atoms with E-state index < -0.39 is 0 Å². The average molecular weight is 359 g/mol. The average Bonchev–Trinajstić information content (AvgIpc) is 2.88.